The van der Waals surface area contributed by atoms with Crippen LogP contribution in [0.15, 0.2) is 18.2 Å². The molecule has 1 aromatic carbocycles. The Bertz CT molecular complexity index is 647. The zero-order chi connectivity index (χ0) is 17.6. The Balaban J connectivity index is 2.79. The summed E-state index contributed by atoms with van der Waals surface area (Å²) in [6.45, 7) is 2.87. The number of halogens is 1. The molecule has 0 spiro atoms. The van der Waals surface area contributed by atoms with E-state index in [0.717, 1.165) is 23.5 Å². The second-order valence-electron chi connectivity index (χ2n) is 5.71. The first kappa shape index (κ1) is 19.7. The van der Waals surface area contributed by atoms with E-state index in [0.29, 0.717) is 22.8 Å². The van der Waals surface area contributed by atoms with Crippen LogP contribution < -0.4 is 9.62 Å². The van der Waals surface area contributed by atoms with E-state index in [1.807, 2.05) is 19.0 Å². The molecule has 1 amide bonds. The molecule has 0 aliphatic rings. The second kappa shape index (κ2) is 8.52. The molecule has 1 N–H and O–H groups in total. The minimum absolute atomic E-state index is 0.247. The third-order valence-corrected chi connectivity index (χ3v) is 4.58. The Hall–Kier alpha value is -1.31. The summed E-state index contributed by atoms with van der Waals surface area (Å²) in [7, 11) is 0.339. The third-order valence-electron chi connectivity index (χ3n) is 3.22. The Morgan fingerprint density at radius 2 is 1.96 bits per heavy atom. The lowest BCUT2D eigenvalue weighted by atomic mass is 10.2. The minimum Gasteiger partial charge on any atom is -0.354 e. The standard InChI is InChI=1S/C15H24ClN3O3S/c1-12-10-13(16)6-7-14(12)19(23(4,21)22)11-15(20)17-8-5-9-18(2)3/h6-7,10H,5,8-9,11H2,1-4H3,(H,17,20). The number of benzene rings is 1. The predicted octanol–water partition coefficient (Wildman–Crippen LogP) is 1.48. The summed E-state index contributed by atoms with van der Waals surface area (Å²) in [5.74, 6) is -0.330. The van der Waals surface area contributed by atoms with Gasteiger partial charge >= 0.3 is 0 Å². The zero-order valence-corrected chi connectivity index (χ0v) is 15.5. The van der Waals surface area contributed by atoms with Gasteiger partial charge in [-0.25, -0.2) is 8.42 Å². The van der Waals surface area contributed by atoms with Gasteiger partial charge in [-0.05, 0) is 57.7 Å². The van der Waals surface area contributed by atoms with E-state index in [1.54, 1.807) is 25.1 Å². The maximum atomic E-state index is 12.0. The molecule has 0 heterocycles. The number of hydrogen-bond donors (Lipinski definition) is 1. The van der Waals surface area contributed by atoms with Crippen LogP contribution in [0.4, 0.5) is 5.69 Å². The number of nitrogens with zero attached hydrogens (tertiary/aromatic N) is 2. The Kier molecular flexibility index (Phi) is 7.31. The van der Waals surface area contributed by atoms with Gasteiger partial charge in [0.25, 0.3) is 0 Å². The van der Waals surface area contributed by atoms with Crippen LogP contribution in [-0.2, 0) is 14.8 Å². The van der Waals surface area contributed by atoms with Gasteiger partial charge in [0.2, 0.25) is 15.9 Å². The first-order valence-electron chi connectivity index (χ1n) is 7.26. The third kappa shape index (κ3) is 6.76. The molecule has 0 aromatic heterocycles. The van der Waals surface area contributed by atoms with Crippen molar-refractivity contribution in [2.45, 2.75) is 13.3 Å². The van der Waals surface area contributed by atoms with Crippen molar-refractivity contribution < 1.29 is 13.2 Å². The van der Waals surface area contributed by atoms with Gasteiger partial charge in [-0.3, -0.25) is 9.10 Å². The van der Waals surface area contributed by atoms with Crippen molar-refractivity contribution in [3.05, 3.63) is 28.8 Å². The lowest BCUT2D eigenvalue weighted by molar-refractivity contribution is -0.119. The molecule has 0 fully saturated rings. The highest BCUT2D eigenvalue weighted by Gasteiger charge is 2.22. The lowest BCUT2D eigenvalue weighted by Crippen LogP contribution is -2.41. The molecule has 1 aromatic rings. The first-order chi connectivity index (χ1) is 10.6. The summed E-state index contributed by atoms with van der Waals surface area (Å²) >= 11 is 5.90. The molecule has 130 valence electrons. The SMILES string of the molecule is Cc1cc(Cl)ccc1N(CC(=O)NCCCN(C)C)S(C)(=O)=O. The van der Waals surface area contributed by atoms with Gasteiger partial charge in [0, 0.05) is 11.6 Å². The number of hydrogen-bond acceptors (Lipinski definition) is 4. The quantitative estimate of drug-likeness (QED) is 0.712. The molecule has 6 nitrogen and oxygen atoms in total. The fraction of sp³-hybridized carbons (Fsp3) is 0.533. The summed E-state index contributed by atoms with van der Waals surface area (Å²) in [6.07, 6.45) is 1.89. The number of carbonyl (C=O) groups excluding carboxylic acids is 1. The maximum absolute atomic E-state index is 12.0. The van der Waals surface area contributed by atoms with E-state index in [-0.39, 0.29) is 12.5 Å². The molecule has 0 aliphatic carbocycles. The summed E-state index contributed by atoms with van der Waals surface area (Å²) < 4.78 is 25.2. The number of rotatable bonds is 8. The summed E-state index contributed by atoms with van der Waals surface area (Å²) in [5.41, 5.74) is 1.16. The first-order valence-corrected chi connectivity index (χ1v) is 9.49. The van der Waals surface area contributed by atoms with Gasteiger partial charge < -0.3 is 10.2 Å². The van der Waals surface area contributed by atoms with Gasteiger partial charge in [-0.15, -0.1) is 0 Å². The van der Waals surface area contributed by atoms with Crippen LogP contribution in [0, 0.1) is 6.92 Å². The number of aryl methyl sites for hydroxylation is 1. The van der Waals surface area contributed by atoms with Crippen LogP contribution in [0.5, 0.6) is 0 Å². The predicted molar refractivity (Wildman–Crippen MR) is 94.6 cm³/mol. The molecule has 0 saturated carbocycles. The highest BCUT2D eigenvalue weighted by molar-refractivity contribution is 7.92. The Morgan fingerprint density at radius 1 is 1.30 bits per heavy atom. The van der Waals surface area contributed by atoms with E-state index in [2.05, 4.69) is 5.32 Å². The van der Waals surface area contributed by atoms with Gasteiger partial charge in [0.15, 0.2) is 0 Å². The number of amides is 1. The van der Waals surface area contributed by atoms with Gasteiger partial charge in [-0.1, -0.05) is 11.6 Å². The summed E-state index contributed by atoms with van der Waals surface area (Å²) in [6, 6.07) is 4.89. The van der Waals surface area contributed by atoms with Crippen molar-refractivity contribution in [3.63, 3.8) is 0 Å². The molecule has 0 atom stereocenters. The molecule has 0 radical (unpaired) electrons. The van der Waals surface area contributed by atoms with Crippen molar-refractivity contribution >= 4 is 33.2 Å². The highest BCUT2D eigenvalue weighted by atomic mass is 35.5. The second-order valence-corrected chi connectivity index (χ2v) is 8.05. The van der Waals surface area contributed by atoms with Crippen LogP contribution in [0.25, 0.3) is 0 Å². The van der Waals surface area contributed by atoms with Crippen LogP contribution >= 0.6 is 11.6 Å². The Labute approximate surface area is 143 Å². The van der Waals surface area contributed by atoms with E-state index < -0.39 is 10.0 Å². The number of nitrogens with one attached hydrogen (secondary N) is 1. The summed E-state index contributed by atoms with van der Waals surface area (Å²) in [4.78, 5) is 14.1. The number of anilines is 1. The van der Waals surface area contributed by atoms with Crippen LogP contribution in [0.2, 0.25) is 5.02 Å². The lowest BCUT2D eigenvalue weighted by Gasteiger charge is -2.23. The fourth-order valence-electron chi connectivity index (χ4n) is 2.09. The summed E-state index contributed by atoms with van der Waals surface area (Å²) in [5, 5.41) is 3.26. The van der Waals surface area contributed by atoms with E-state index >= 15 is 0 Å². The molecule has 0 bridgehead atoms. The largest absolute Gasteiger partial charge is 0.354 e. The van der Waals surface area contributed by atoms with Crippen molar-refractivity contribution in [2.75, 3.05) is 44.3 Å². The van der Waals surface area contributed by atoms with Crippen LogP contribution in [0.3, 0.4) is 0 Å². The monoisotopic (exact) mass is 361 g/mol. The molecular formula is C15H24ClN3O3S. The van der Waals surface area contributed by atoms with Crippen molar-refractivity contribution in [1.29, 1.82) is 0 Å². The van der Waals surface area contributed by atoms with Gasteiger partial charge in [-0.2, -0.15) is 0 Å². The number of carbonyl (C=O) groups is 1. The normalized spacial score (nSPS) is 11.6. The molecule has 23 heavy (non-hydrogen) atoms. The smallest absolute Gasteiger partial charge is 0.240 e. The van der Waals surface area contributed by atoms with Crippen LogP contribution in [-0.4, -0.2) is 59.2 Å². The minimum atomic E-state index is -3.57. The van der Waals surface area contributed by atoms with Crippen molar-refractivity contribution in [3.8, 4) is 0 Å². The molecule has 1 rings (SSSR count). The van der Waals surface area contributed by atoms with Gasteiger partial charge in [0.05, 0.1) is 11.9 Å². The molecule has 0 unspecified atom stereocenters. The van der Waals surface area contributed by atoms with Gasteiger partial charge in [0.1, 0.15) is 6.54 Å². The fourth-order valence-corrected chi connectivity index (χ4v) is 3.23. The molecular weight excluding hydrogens is 338 g/mol. The van der Waals surface area contributed by atoms with Crippen molar-refractivity contribution in [2.24, 2.45) is 0 Å². The van der Waals surface area contributed by atoms with E-state index in [1.165, 1.54) is 0 Å². The molecule has 0 aliphatic heterocycles. The van der Waals surface area contributed by atoms with E-state index in [9.17, 15) is 13.2 Å². The molecule has 0 saturated heterocycles. The van der Waals surface area contributed by atoms with Crippen molar-refractivity contribution in [1.82, 2.24) is 10.2 Å². The number of sulfonamides is 1. The average Bonchev–Trinajstić information content (AvgIpc) is 2.40. The average molecular weight is 362 g/mol. The van der Waals surface area contributed by atoms with Crippen LogP contribution in [0.1, 0.15) is 12.0 Å². The van der Waals surface area contributed by atoms with E-state index in [4.69, 9.17) is 11.6 Å². The molecule has 8 heteroatoms. The zero-order valence-electron chi connectivity index (χ0n) is 14.0. The highest BCUT2D eigenvalue weighted by Crippen LogP contribution is 2.25. The maximum Gasteiger partial charge on any atom is 0.240 e. The topological polar surface area (TPSA) is 69.7 Å². The Morgan fingerprint density at radius 3 is 2.48 bits per heavy atom.